The smallest absolute Gasteiger partial charge is 0.243 e. The highest BCUT2D eigenvalue weighted by atomic mass is 16.3. The third-order valence-corrected chi connectivity index (χ3v) is 7.65. The molecule has 15 heteroatoms. The molecule has 0 aliphatic rings. The molecular formula is C32H46N10O5. The summed E-state index contributed by atoms with van der Waals surface area (Å²) in [6, 6.07) is 9.50. The summed E-state index contributed by atoms with van der Waals surface area (Å²) in [4.78, 5) is 59.7. The number of primary amides is 1. The zero-order chi connectivity index (χ0) is 34.3. The number of carbonyl (C=O) groups excluding carboxylic acids is 4. The Morgan fingerprint density at radius 2 is 1.43 bits per heavy atom. The molecule has 254 valence electrons. The molecule has 0 fully saturated rings. The summed E-state index contributed by atoms with van der Waals surface area (Å²) in [6.07, 6.45) is 3.94. The van der Waals surface area contributed by atoms with Gasteiger partial charge in [0.2, 0.25) is 23.6 Å². The van der Waals surface area contributed by atoms with Gasteiger partial charge in [-0.25, -0.2) is 0 Å². The summed E-state index contributed by atoms with van der Waals surface area (Å²) in [5.74, 6) is -2.67. The van der Waals surface area contributed by atoms with Crippen LogP contribution in [-0.4, -0.2) is 76.9 Å². The van der Waals surface area contributed by atoms with Crippen molar-refractivity contribution >= 4 is 40.5 Å². The minimum atomic E-state index is -1.17. The minimum Gasteiger partial charge on any atom is -0.508 e. The van der Waals surface area contributed by atoms with E-state index in [-0.39, 0.29) is 43.9 Å². The molecule has 0 aliphatic carbocycles. The number of aromatic nitrogens is 1. The van der Waals surface area contributed by atoms with Crippen molar-refractivity contribution in [1.29, 1.82) is 0 Å². The van der Waals surface area contributed by atoms with Crippen molar-refractivity contribution in [2.24, 2.45) is 33.7 Å². The highest BCUT2D eigenvalue weighted by Crippen LogP contribution is 2.19. The van der Waals surface area contributed by atoms with E-state index in [0.29, 0.717) is 31.4 Å². The van der Waals surface area contributed by atoms with Gasteiger partial charge in [-0.15, -0.1) is 0 Å². The van der Waals surface area contributed by atoms with Gasteiger partial charge in [-0.1, -0.05) is 30.3 Å². The number of nitrogens with one attached hydrogen (secondary N) is 4. The third-order valence-electron chi connectivity index (χ3n) is 7.65. The lowest BCUT2D eigenvalue weighted by Gasteiger charge is -2.25. The summed E-state index contributed by atoms with van der Waals surface area (Å²) in [6.45, 7) is 0.616. The zero-order valence-electron chi connectivity index (χ0n) is 26.3. The van der Waals surface area contributed by atoms with Gasteiger partial charge < -0.3 is 54.7 Å². The van der Waals surface area contributed by atoms with Crippen molar-refractivity contribution in [3.63, 3.8) is 0 Å². The molecule has 1 aromatic heterocycles. The summed E-state index contributed by atoms with van der Waals surface area (Å²) in [7, 11) is 0. The highest BCUT2D eigenvalue weighted by Gasteiger charge is 2.30. The number of benzene rings is 2. The number of nitrogens with two attached hydrogens (primary N) is 5. The van der Waals surface area contributed by atoms with Crippen molar-refractivity contribution in [1.82, 2.24) is 20.9 Å². The number of unbranched alkanes of at least 4 members (excludes halogenated alkanes) is 1. The molecule has 0 bridgehead atoms. The van der Waals surface area contributed by atoms with E-state index in [9.17, 15) is 24.3 Å². The molecule has 1 heterocycles. The number of amides is 4. The fraction of sp³-hybridized carbons (Fsp3) is 0.406. The predicted octanol–water partition coefficient (Wildman–Crippen LogP) is -0.892. The summed E-state index contributed by atoms with van der Waals surface area (Å²) >= 11 is 0. The average molecular weight is 651 g/mol. The standard InChI is InChI=1S/C32H46N10O5/c33-14-4-3-8-25(28(35)44)40-31(47)27(16-19-10-12-21(43)13-11-19)42-30(46)26(9-5-15-38-32(36)37)41-29(45)23(34)17-20-18-39-24-7-2-1-6-22(20)24/h1-2,6-7,10-13,18,23,25-27,39,43H,3-5,8-9,14-17,33-34H2,(H2,35,44)(H,40,47)(H,41,45)(H,42,46)(H4,36,37,38)/t23-,25-,26+,27-/m0/s1. The lowest BCUT2D eigenvalue weighted by molar-refractivity contribution is -0.133. The van der Waals surface area contributed by atoms with E-state index in [2.05, 4.69) is 25.9 Å². The molecule has 15 nitrogen and oxygen atoms in total. The molecule has 3 aromatic rings. The Morgan fingerprint density at radius 3 is 2.11 bits per heavy atom. The van der Waals surface area contributed by atoms with Crippen LogP contribution in [0.3, 0.4) is 0 Å². The van der Waals surface area contributed by atoms with Crippen molar-refractivity contribution < 1.29 is 24.3 Å². The van der Waals surface area contributed by atoms with E-state index < -0.39 is 47.8 Å². The maximum atomic E-state index is 13.7. The maximum Gasteiger partial charge on any atom is 0.243 e. The van der Waals surface area contributed by atoms with Crippen molar-refractivity contribution in [2.45, 2.75) is 69.1 Å². The second kappa shape index (κ2) is 18.1. The van der Waals surface area contributed by atoms with Crippen LogP contribution >= 0.6 is 0 Å². The number of carbonyl (C=O) groups is 4. The minimum absolute atomic E-state index is 0.0148. The predicted molar refractivity (Wildman–Crippen MR) is 180 cm³/mol. The van der Waals surface area contributed by atoms with E-state index in [4.69, 9.17) is 28.7 Å². The van der Waals surface area contributed by atoms with Crippen LogP contribution in [0.5, 0.6) is 5.75 Å². The molecular weight excluding hydrogens is 604 g/mol. The second-order valence-corrected chi connectivity index (χ2v) is 11.4. The van der Waals surface area contributed by atoms with Crippen LogP contribution in [0.25, 0.3) is 10.9 Å². The lowest BCUT2D eigenvalue weighted by atomic mass is 10.0. The summed E-state index contributed by atoms with van der Waals surface area (Å²) in [5.41, 5.74) is 30.6. The summed E-state index contributed by atoms with van der Waals surface area (Å²) < 4.78 is 0. The fourth-order valence-corrected chi connectivity index (χ4v) is 5.08. The SMILES string of the molecule is NCCCC[C@H](NC(=O)[C@H](Cc1ccc(O)cc1)NC(=O)[C@@H](CCCN=C(N)N)NC(=O)[C@@H](N)Cc1c[nH]c2ccccc12)C(N)=O. The first-order valence-corrected chi connectivity index (χ1v) is 15.5. The average Bonchev–Trinajstić information content (AvgIpc) is 3.44. The summed E-state index contributed by atoms with van der Waals surface area (Å²) in [5, 5.41) is 18.7. The zero-order valence-corrected chi connectivity index (χ0v) is 26.3. The van der Waals surface area contributed by atoms with Crippen LogP contribution in [0.4, 0.5) is 0 Å². The van der Waals surface area contributed by atoms with Crippen molar-refractivity contribution in [2.75, 3.05) is 13.1 Å². The van der Waals surface area contributed by atoms with Gasteiger partial charge in [0, 0.05) is 30.1 Å². The Morgan fingerprint density at radius 1 is 0.787 bits per heavy atom. The fourth-order valence-electron chi connectivity index (χ4n) is 5.08. The second-order valence-electron chi connectivity index (χ2n) is 11.4. The van der Waals surface area contributed by atoms with Gasteiger partial charge in [0.05, 0.1) is 6.04 Å². The van der Waals surface area contributed by atoms with Gasteiger partial charge in [-0.05, 0) is 74.4 Å². The molecule has 0 spiro atoms. The number of fused-ring (bicyclic) bond motifs is 1. The van der Waals surface area contributed by atoms with Gasteiger partial charge >= 0.3 is 0 Å². The molecule has 0 aliphatic heterocycles. The first kappa shape index (κ1) is 36.3. The van der Waals surface area contributed by atoms with Crippen LogP contribution in [-0.2, 0) is 32.0 Å². The van der Waals surface area contributed by atoms with Crippen LogP contribution in [0, 0.1) is 0 Å². The number of phenolic OH excluding ortho intramolecular Hbond substituents is 1. The molecule has 0 unspecified atom stereocenters. The molecule has 2 aromatic carbocycles. The number of rotatable bonds is 19. The third kappa shape index (κ3) is 11.6. The molecule has 0 radical (unpaired) electrons. The molecule has 0 saturated heterocycles. The van der Waals surface area contributed by atoms with Gasteiger partial charge in [0.15, 0.2) is 5.96 Å². The van der Waals surface area contributed by atoms with Crippen LogP contribution in [0.15, 0.2) is 59.7 Å². The van der Waals surface area contributed by atoms with E-state index in [1.807, 2.05) is 24.3 Å². The van der Waals surface area contributed by atoms with E-state index in [0.717, 1.165) is 16.5 Å². The quantitative estimate of drug-likeness (QED) is 0.0437. The maximum absolute atomic E-state index is 13.7. The number of hydrogen-bond donors (Lipinski definition) is 10. The number of aromatic hydroxyl groups is 1. The Hall–Kier alpha value is -5.15. The lowest BCUT2D eigenvalue weighted by Crippen LogP contribution is -2.58. The van der Waals surface area contributed by atoms with E-state index in [1.54, 1.807) is 18.3 Å². The Kier molecular flexibility index (Phi) is 14.0. The highest BCUT2D eigenvalue weighted by molar-refractivity contribution is 5.95. The van der Waals surface area contributed by atoms with Crippen molar-refractivity contribution in [3.8, 4) is 5.75 Å². The van der Waals surface area contributed by atoms with E-state index >= 15 is 0 Å². The van der Waals surface area contributed by atoms with Gasteiger partial charge in [0.1, 0.15) is 23.9 Å². The van der Waals surface area contributed by atoms with Crippen LogP contribution < -0.4 is 44.6 Å². The van der Waals surface area contributed by atoms with Crippen LogP contribution in [0.1, 0.15) is 43.2 Å². The topological polar surface area (TPSA) is 283 Å². The number of aromatic amines is 1. The van der Waals surface area contributed by atoms with E-state index in [1.165, 1.54) is 12.1 Å². The Labute approximate surface area is 273 Å². The Bertz CT molecular complexity index is 1520. The number of para-hydroxylation sites is 1. The number of hydrogen-bond acceptors (Lipinski definition) is 8. The number of H-pyrrole nitrogens is 1. The van der Waals surface area contributed by atoms with Gasteiger partial charge in [-0.3, -0.25) is 24.2 Å². The number of aliphatic imine (C=N–C) groups is 1. The number of phenols is 1. The molecule has 47 heavy (non-hydrogen) atoms. The van der Waals surface area contributed by atoms with Crippen LogP contribution in [0.2, 0.25) is 0 Å². The molecule has 4 amide bonds. The monoisotopic (exact) mass is 650 g/mol. The van der Waals surface area contributed by atoms with Gasteiger partial charge in [-0.2, -0.15) is 0 Å². The molecule has 4 atom stereocenters. The van der Waals surface area contributed by atoms with Gasteiger partial charge in [0.25, 0.3) is 0 Å². The normalized spacial score (nSPS) is 13.6. The first-order valence-electron chi connectivity index (χ1n) is 15.5. The molecule has 15 N–H and O–H groups in total. The Balaban J connectivity index is 1.79. The first-order chi connectivity index (χ1) is 22.5. The largest absolute Gasteiger partial charge is 0.508 e. The molecule has 0 saturated carbocycles. The number of nitrogens with zero attached hydrogens (tertiary/aromatic N) is 1. The molecule has 3 rings (SSSR count). The number of guanidine groups is 1. The van der Waals surface area contributed by atoms with Crippen molar-refractivity contribution in [3.05, 3.63) is 65.9 Å².